The number of piperidine rings is 1. The number of nitrogens with one attached hydrogen (secondary N) is 1. The van der Waals surface area contributed by atoms with Crippen molar-refractivity contribution in [1.82, 2.24) is 14.5 Å². The second kappa shape index (κ2) is 7.20. The van der Waals surface area contributed by atoms with Gasteiger partial charge in [-0.1, -0.05) is 18.2 Å². The second-order valence-corrected chi connectivity index (χ2v) is 8.57. The minimum absolute atomic E-state index is 0.0586. The summed E-state index contributed by atoms with van der Waals surface area (Å²) in [6, 6.07) is 9.38. The molecule has 1 aliphatic rings. The van der Waals surface area contributed by atoms with Crippen LogP contribution in [0.25, 0.3) is 0 Å². The lowest BCUT2D eigenvalue weighted by molar-refractivity contribution is -0.123. The highest BCUT2D eigenvalue weighted by Gasteiger charge is 2.36. The SMILES string of the molecule is Cc1n[nH]c(C)c1S(=O)(=O)N1CCCC(C(=O)N(C)c2ccccc2)C1. The highest BCUT2D eigenvalue weighted by molar-refractivity contribution is 7.89. The number of hydrogen-bond donors (Lipinski definition) is 1. The molecule has 2 heterocycles. The number of aryl methyl sites for hydroxylation is 2. The van der Waals surface area contributed by atoms with Crippen LogP contribution in [0.4, 0.5) is 5.69 Å². The first kappa shape index (κ1) is 18.6. The van der Waals surface area contributed by atoms with E-state index >= 15 is 0 Å². The van der Waals surface area contributed by atoms with Gasteiger partial charge in [-0.2, -0.15) is 9.40 Å². The van der Waals surface area contributed by atoms with Gasteiger partial charge < -0.3 is 4.90 Å². The lowest BCUT2D eigenvalue weighted by Gasteiger charge is -2.33. The van der Waals surface area contributed by atoms with Crippen molar-refractivity contribution in [3.05, 3.63) is 41.7 Å². The van der Waals surface area contributed by atoms with Gasteiger partial charge in [0.25, 0.3) is 0 Å². The summed E-state index contributed by atoms with van der Waals surface area (Å²) in [5, 5.41) is 6.72. The summed E-state index contributed by atoms with van der Waals surface area (Å²) >= 11 is 0. The fourth-order valence-electron chi connectivity index (χ4n) is 3.46. The van der Waals surface area contributed by atoms with Crippen LogP contribution in [0, 0.1) is 19.8 Å². The Bertz CT molecular complexity index is 873. The monoisotopic (exact) mass is 376 g/mol. The first-order valence-corrected chi connectivity index (χ1v) is 10.1. The Hall–Kier alpha value is -2.19. The molecule has 7 nitrogen and oxygen atoms in total. The third kappa shape index (κ3) is 3.39. The number of carbonyl (C=O) groups excluding carboxylic acids is 1. The van der Waals surface area contributed by atoms with Crippen LogP contribution in [0.3, 0.4) is 0 Å². The van der Waals surface area contributed by atoms with E-state index in [2.05, 4.69) is 10.2 Å². The largest absolute Gasteiger partial charge is 0.315 e. The predicted octanol–water partition coefficient (Wildman–Crippen LogP) is 2.09. The molecule has 1 aromatic heterocycles. The number of carbonyl (C=O) groups is 1. The van der Waals surface area contributed by atoms with Crippen molar-refractivity contribution in [3.63, 3.8) is 0 Å². The van der Waals surface area contributed by atoms with Gasteiger partial charge in [-0.05, 0) is 38.8 Å². The van der Waals surface area contributed by atoms with Crippen molar-refractivity contribution >= 4 is 21.6 Å². The lowest BCUT2D eigenvalue weighted by Crippen LogP contribution is -2.46. The van der Waals surface area contributed by atoms with E-state index in [-0.39, 0.29) is 23.3 Å². The number of para-hydroxylation sites is 1. The van der Waals surface area contributed by atoms with Crippen molar-refractivity contribution in [2.45, 2.75) is 31.6 Å². The molecule has 1 aromatic carbocycles. The van der Waals surface area contributed by atoms with Crippen LogP contribution in [0.15, 0.2) is 35.2 Å². The van der Waals surface area contributed by atoms with Gasteiger partial charge in [0.2, 0.25) is 15.9 Å². The molecule has 0 spiro atoms. The zero-order valence-corrected chi connectivity index (χ0v) is 16.1. The zero-order chi connectivity index (χ0) is 18.9. The van der Waals surface area contributed by atoms with Gasteiger partial charge in [-0.3, -0.25) is 9.89 Å². The molecule has 3 rings (SSSR count). The molecule has 0 bridgehead atoms. The smallest absolute Gasteiger partial charge is 0.246 e. The van der Waals surface area contributed by atoms with E-state index in [1.807, 2.05) is 30.3 Å². The summed E-state index contributed by atoms with van der Waals surface area (Å²) in [6.07, 6.45) is 1.35. The minimum Gasteiger partial charge on any atom is -0.315 e. The van der Waals surface area contributed by atoms with E-state index in [1.54, 1.807) is 25.8 Å². The fourth-order valence-corrected chi connectivity index (χ4v) is 5.32. The molecule has 26 heavy (non-hydrogen) atoms. The average Bonchev–Trinajstić information content (AvgIpc) is 3.00. The van der Waals surface area contributed by atoms with Gasteiger partial charge in [0.1, 0.15) is 4.90 Å². The molecule has 1 atom stereocenters. The first-order chi connectivity index (χ1) is 12.3. The maximum Gasteiger partial charge on any atom is 0.246 e. The molecule has 8 heteroatoms. The number of benzene rings is 1. The molecule has 1 saturated heterocycles. The van der Waals surface area contributed by atoms with Crippen LogP contribution in [-0.2, 0) is 14.8 Å². The minimum atomic E-state index is -3.67. The number of H-pyrrole nitrogens is 1. The van der Waals surface area contributed by atoms with E-state index in [4.69, 9.17) is 0 Å². The van der Waals surface area contributed by atoms with Gasteiger partial charge in [-0.25, -0.2) is 8.42 Å². The Morgan fingerprint density at radius 3 is 2.58 bits per heavy atom. The van der Waals surface area contributed by atoms with Crippen LogP contribution in [0.5, 0.6) is 0 Å². The summed E-state index contributed by atoms with van der Waals surface area (Å²) in [5.41, 5.74) is 1.79. The highest BCUT2D eigenvalue weighted by atomic mass is 32.2. The van der Waals surface area contributed by atoms with Gasteiger partial charge in [-0.15, -0.1) is 0 Å². The molecule has 1 N–H and O–H groups in total. The van der Waals surface area contributed by atoms with Crippen molar-refractivity contribution in [2.24, 2.45) is 5.92 Å². The molecule has 1 unspecified atom stereocenters. The van der Waals surface area contributed by atoms with Crippen LogP contribution < -0.4 is 4.90 Å². The van der Waals surface area contributed by atoms with Crippen molar-refractivity contribution in [2.75, 3.05) is 25.0 Å². The number of sulfonamides is 1. The normalized spacial score (nSPS) is 18.7. The van der Waals surface area contributed by atoms with Crippen molar-refractivity contribution < 1.29 is 13.2 Å². The lowest BCUT2D eigenvalue weighted by atomic mass is 9.98. The number of aromatic amines is 1. The van der Waals surface area contributed by atoms with Gasteiger partial charge >= 0.3 is 0 Å². The average molecular weight is 376 g/mol. The summed E-state index contributed by atoms with van der Waals surface area (Å²) in [6.45, 7) is 3.99. The Balaban J connectivity index is 1.80. The molecule has 0 aliphatic carbocycles. The molecular formula is C18H24N4O3S. The number of anilines is 1. The molecule has 140 valence electrons. The molecule has 1 fully saturated rings. The Morgan fingerprint density at radius 2 is 1.96 bits per heavy atom. The Morgan fingerprint density at radius 1 is 1.27 bits per heavy atom. The Kier molecular flexibility index (Phi) is 5.15. The third-order valence-electron chi connectivity index (χ3n) is 4.87. The number of nitrogens with zero attached hydrogens (tertiary/aromatic N) is 3. The van der Waals surface area contributed by atoms with E-state index < -0.39 is 10.0 Å². The highest BCUT2D eigenvalue weighted by Crippen LogP contribution is 2.28. The number of amides is 1. The molecule has 1 aliphatic heterocycles. The fraction of sp³-hybridized carbons (Fsp3) is 0.444. The predicted molar refractivity (Wildman–Crippen MR) is 99.4 cm³/mol. The standard InChI is InChI=1S/C18H24N4O3S/c1-13-17(14(2)20-19-13)26(24,25)22-11-7-8-15(12-22)18(23)21(3)16-9-5-4-6-10-16/h4-6,9-10,15H,7-8,11-12H2,1-3H3,(H,19,20). The molecule has 1 amide bonds. The zero-order valence-electron chi connectivity index (χ0n) is 15.3. The van der Waals surface area contributed by atoms with E-state index in [1.165, 1.54) is 4.31 Å². The van der Waals surface area contributed by atoms with Crippen LogP contribution in [0.2, 0.25) is 0 Å². The maximum absolute atomic E-state index is 13.0. The van der Waals surface area contributed by atoms with Crippen molar-refractivity contribution in [1.29, 1.82) is 0 Å². The molecule has 0 radical (unpaired) electrons. The van der Waals surface area contributed by atoms with Gasteiger partial charge in [0, 0.05) is 25.8 Å². The Labute approximate surface area is 154 Å². The van der Waals surface area contributed by atoms with Crippen molar-refractivity contribution in [3.8, 4) is 0 Å². The second-order valence-electron chi connectivity index (χ2n) is 6.70. The van der Waals surface area contributed by atoms with Gasteiger partial charge in [0.15, 0.2) is 0 Å². The summed E-state index contributed by atoms with van der Waals surface area (Å²) in [7, 11) is -1.94. The van der Waals surface area contributed by atoms with E-state index in [0.717, 1.165) is 5.69 Å². The summed E-state index contributed by atoms with van der Waals surface area (Å²) in [5.74, 6) is -0.409. The topological polar surface area (TPSA) is 86.4 Å². The van der Waals surface area contributed by atoms with E-state index in [9.17, 15) is 13.2 Å². The number of rotatable bonds is 4. The van der Waals surface area contributed by atoms with E-state index in [0.29, 0.717) is 30.8 Å². The summed E-state index contributed by atoms with van der Waals surface area (Å²) in [4.78, 5) is 14.7. The maximum atomic E-state index is 13.0. The third-order valence-corrected chi connectivity index (χ3v) is 6.99. The number of aromatic nitrogens is 2. The number of hydrogen-bond acceptors (Lipinski definition) is 4. The van der Waals surface area contributed by atoms with Crippen LogP contribution >= 0.6 is 0 Å². The van der Waals surface area contributed by atoms with Crippen LogP contribution in [0.1, 0.15) is 24.2 Å². The van der Waals surface area contributed by atoms with Crippen LogP contribution in [-0.4, -0.2) is 49.0 Å². The molecule has 0 saturated carbocycles. The van der Waals surface area contributed by atoms with Gasteiger partial charge in [0.05, 0.1) is 17.3 Å². The molecule has 2 aromatic rings. The quantitative estimate of drug-likeness (QED) is 0.885. The summed E-state index contributed by atoms with van der Waals surface area (Å²) < 4.78 is 27.5. The molecular weight excluding hydrogens is 352 g/mol. The first-order valence-electron chi connectivity index (χ1n) is 8.66.